The summed E-state index contributed by atoms with van der Waals surface area (Å²) in [6.45, 7) is 3.70. The van der Waals surface area contributed by atoms with Gasteiger partial charge in [0.2, 0.25) is 0 Å². The Bertz CT molecular complexity index is 426. The smallest absolute Gasteiger partial charge is 0.265 e. The molecule has 2 fully saturated rings. The van der Waals surface area contributed by atoms with Gasteiger partial charge in [-0.25, -0.2) is 0 Å². The summed E-state index contributed by atoms with van der Waals surface area (Å²) in [4.78, 5) is 18.6. The molecule has 0 atom stereocenters. The van der Waals surface area contributed by atoms with Gasteiger partial charge in [0.15, 0.2) is 0 Å². The Hall–Kier alpha value is -1.54. The molecule has 1 saturated heterocycles. The fraction of sp³-hybridized carbons (Fsp3) is 0.750. The number of hydrogen-bond donors (Lipinski definition) is 0. The lowest BCUT2D eigenvalue weighted by molar-refractivity contribution is -0.128. The molecule has 0 aromatic carbocycles. The average Bonchev–Trinajstić information content (AvgIpc) is 2.54. The van der Waals surface area contributed by atoms with Crippen LogP contribution in [0.2, 0.25) is 0 Å². The fourth-order valence-corrected chi connectivity index (χ4v) is 3.09. The van der Waals surface area contributed by atoms with E-state index in [0.29, 0.717) is 6.04 Å². The minimum atomic E-state index is -0.122. The van der Waals surface area contributed by atoms with E-state index in [1.165, 1.54) is 19.3 Å². The zero-order valence-electron chi connectivity index (χ0n) is 13.2. The summed E-state index contributed by atoms with van der Waals surface area (Å²) >= 11 is 0. The molecule has 0 bridgehead atoms. The lowest BCUT2D eigenvalue weighted by Crippen LogP contribution is -2.43. The number of hydrogen-bond acceptors (Lipinski definition) is 4. The molecular formula is C16H26N4O. The maximum atomic E-state index is 12.5. The first-order chi connectivity index (χ1) is 10.1. The van der Waals surface area contributed by atoms with Gasteiger partial charge in [-0.2, -0.15) is 5.26 Å². The number of amides is 1. The molecule has 0 unspecified atom stereocenters. The van der Waals surface area contributed by atoms with Gasteiger partial charge < -0.3 is 14.7 Å². The zero-order valence-corrected chi connectivity index (χ0v) is 13.2. The Balaban J connectivity index is 1.99. The molecule has 0 radical (unpaired) electrons. The molecule has 21 heavy (non-hydrogen) atoms. The molecule has 1 saturated carbocycles. The lowest BCUT2D eigenvalue weighted by atomic mass is 9.94. The second-order valence-electron chi connectivity index (χ2n) is 6.20. The maximum Gasteiger partial charge on any atom is 0.265 e. The van der Waals surface area contributed by atoms with Crippen molar-refractivity contribution in [1.82, 2.24) is 14.7 Å². The maximum absolute atomic E-state index is 12.5. The highest BCUT2D eigenvalue weighted by atomic mass is 16.2. The fourth-order valence-electron chi connectivity index (χ4n) is 3.09. The van der Waals surface area contributed by atoms with E-state index in [4.69, 9.17) is 0 Å². The molecule has 116 valence electrons. The van der Waals surface area contributed by atoms with E-state index in [1.807, 2.05) is 7.05 Å². The van der Waals surface area contributed by atoms with Crippen LogP contribution < -0.4 is 0 Å². The first-order valence-corrected chi connectivity index (χ1v) is 7.93. The van der Waals surface area contributed by atoms with Crippen molar-refractivity contribution in [2.24, 2.45) is 0 Å². The number of carbonyl (C=O) groups is 1. The van der Waals surface area contributed by atoms with Gasteiger partial charge in [0.1, 0.15) is 11.6 Å². The monoisotopic (exact) mass is 290 g/mol. The second kappa shape index (κ2) is 7.46. The SMILES string of the molecule is CN1CCN(/C=C(/C#N)C(=O)N(C)C2CCCCC2)CC1. The highest BCUT2D eigenvalue weighted by Crippen LogP contribution is 2.22. The van der Waals surface area contributed by atoms with Crippen LogP contribution in [-0.2, 0) is 4.79 Å². The van der Waals surface area contributed by atoms with Gasteiger partial charge in [-0.1, -0.05) is 19.3 Å². The first kappa shape index (κ1) is 15.8. The number of nitrogens with zero attached hydrogens (tertiary/aromatic N) is 4. The van der Waals surface area contributed by atoms with Crippen molar-refractivity contribution in [3.05, 3.63) is 11.8 Å². The molecule has 1 aliphatic carbocycles. The molecule has 0 N–H and O–H groups in total. The largest absolute Gasteiger partial charge is 0.374 e. The third-order valence-corrected chi connectivity index (χ3v) is 4.64. The Morgan fingerprint density at radius 2 is 1.81 bits per heavy atom. The third-order valence-electron chi connectivity index (χ3n) is 4.64. The lowest BCUT2D eigenvalue weighted by Gasteiger charge is -2.33. The van der Waals surface area contributed by atoms with Crippen LogP contribution in [0.4, 0.5) is 0 Å². The van der Waals surface area contributed by atoms with Crippen molar-refractivity contribution in [2.75, 3.05) is 40.3 Å². The molecular weight excluding hydrogens is 264 g/mol. The molecule has 0 aromatic heterocycles. The van der Waals surface area contributed by atoms with Crippen molar-refractivity contribution in [1.29, 1.82) is 5.26 Å². The van der Waals surface area contributed by atoms with Crippen molar-refractivity contribution in [2.45, 2.75) is 38.1 Å². The number of rotatable bonds is 3. The van der Waals surface area contributed by atoms with E-state index >= 15 is 0 Å². The second-order valence-corrected chi connectivity index (χ2v) is 6.20. The number of nitriles is 1. The predicted molar refractivity (Wildman–Crippen MR) is 82.4 cm³/mol. The van der Waals surface area contributed by atoms with Crippen LogP contribution in [0.1, 0.15) is 32.1 Å². The molecule has 2 rings (SSSR count). The first-order valence-electron chi connectivity index (χ1n) is 7.93. The summed E-state index contributed by atoms with van der Waals surface area (Å²) in [6.07, 6.45) is 7.53. The molecule has 0 spiro atoms. The van der Waals surface area contributed by atoms with Crippen LogP contribution >= 0.6 is 0 Å². The van der Waals surface area contributed by atoms with Gasteiger partial charge in [-0.3, -0.25) is 4.79 Å². The van der Waals surface area contributed by atoms with Crippen molar-refractivity contribution in [3.63, 3.8) is 0 Å². The highest BCUT2D eigenvalue weighted by molar-refractivity contribution is 5.97. The summed E-state index contributed by atoms with van der Waals surface area (Å²) < 4.78 is 0. The highest BCUT2D eigenvalue weighted by Gasteiger charge is 2.25. The van der Waals surface area contributed by atoms with Crippen LogP contribution in [-0.4, -0.2) is 66.9 Å². The van der Waals surface area contributed by atoms with E-state index in [2.05, 4.69) is 22.9 Å². The number of piperazine rings is 1. The molecule has 5 nitrogen and oxygen atoms in total. The zero-order chi connectivity index (χ0) is 15.2. The van der Waals surface area contributed by atoms with Gasteiger partial charge in [-0.05, 0) is 19.9 Å². The summed E-state index contributed by atoms with van der Waals surface area (Å²) in [6, 6.07) is 2.40. The van der Waals surface area contributed by atoms with E-state index in [1.54, 1.807) is 11.1 Å². The van der Waals surface area contributed by atoms with Gasteiger partial charge in [0.05, 0.1) is 0 Å². The average molecular weight is 290 g/mol. The van der Waals surface area contributed by atoms with E-state index < -0.39 is 0 Å². The summed E-state index contributed by atoms with van der Waals surface area (Å²) in [5, 5.41) is 9.32. The molecule has 2 aliphatic rings. The van der Waals surface area contributed by atoms with Crippen molar-refractivity contribution < 1.29 is 4.79 Å². The number of likely N-dealkylation sites (N-methyl/N-ethyl adjacent to an activating group) is 2. The van der Waals surface area contributed by atoms with Crippen LogP contribution in [0.5, 0.6) is 0 Å². The minimum Gasteiger partial charge on any atom is -0.374 e. The van der Waals surface area contributed by atoms with E-state index in [9.17, 15) is 10.1 Å². The molecule has 1 heterocycles. The standard InChI is InChI=1S/C16H26N4O/c1-18-8-10-20(11-9-18)13-14(12-17)16(21)19(2)15-6-4-3-5-7-15/h13,15H,3-11H2,1-2H3/b14-13-. The summed E-state index contributed by atoms with van der Waals surface area (Å²) in [5.74, 6) is -0.122. The van der Waals surface area contributed by atoms with Gasteiger partial charge in [0, 0.05) is 45.5 Å². The predicted octanol–water partition coefficient (Wildman–Crippen LogP) is 1.43. The number of carbonyl (C=O) groups excluding carboxylic acids is 1. The Morgan fingerprint density at radius 3 is 2.38 bits per heavy atom. The summed E-state index contributed by atoms with van der Waals surface area (Å²) in [5.41, 5.74) is 0.271. The Labute approximate surface area is 127 Å². The van der Waals surface area contributed by atoms with Crippen molar-refractivity contribution >= 4 is 5.91 Å². The van der Waals surface area contributed by atoms with Gasteiger partial charge >= 0.3 is 0 Å². The molecule has 5 heteroatoms. The van der Waals surface area contributed by atoms with Crippen molar-refractivity contribution in [3.8, 4) is 6.07 Å². The normalized spacial score (nSPS) is 22.0. The van der Waals surface area contributed by atoms with E-state index in [0.717, 1.165) is 39.0 Å². The van der Waals surface area contributed by atoms with Gasteiger partial charge in [0.25, 0.3) is 5.91 Å². The van der Waals surface area contributed by atoms with Gasteiger partial charge in [-0.15, -0.1) is 0 Å². The van der Waals surface area contributed by atoms with Crippen LogP contribution in [0, 0.1) is 11.3 Å². The minimum absolute atomic E-state index is 0.122. The van der Waals surface area contributed by atoms with E-state index in [-0.39, 0.29) is 11.5 Å². The quantitative estimate of drug-likeness (QED) is 0.583. The topological polar surface area (TPSA) is 50.6 Å². The van der Waals surface area contributed by atoms with Crippen LogP contribution in [0.3, 0.4) is 0 Å². The van der Waals surface area contributed by atoms with Crippen LogP contribution in [0.25, 0.3) is 0 Å². The Morgan fingerprint density at radius 1 is 1.19 bits per heavy atom. The summed E-state index contributed by atoms with van der Waals surface area (Å²) in [7, 11) is 3.93. The third kappa shape index (κ3) is 4.21. The molecule has 1 amide bonds. The molecule has 0 aromatic rings. The van der Waals surface area contributed by atoms with Crippen LogP contribution in [0.15, 0.2) is 11.8 Å². The molecule has 1 aliphatic heterocycles. The Kier molecular flexibility index (Phi) is 5.63.